The van der Waals surface area contributed by atoms with Gasteiger partial charge in [-0.25, -0.2) is 13.1 Å². The number of carbonyl (C=O) groups excluding carboxylic acids is 1. The van der Waals surface area contributed by atoms with Crippen LogP contribution in [-0.4, -0.2) is 20.4 Å². The monoisotopic (exact) mass is 344 g/mol. The average molecular weight is 344 g/mol. The van der Waals surface area contributed by atoms with E-state index in [0.29, 0.717) is 12.8 Å². The van der Waals surface area contributed by atoms with Crippen molar-refractivity contribution in [2.24, 2.45) is 0 Å². The van der Waals surface area contributed by atoms with Crippen LogP contribution in [0.5, 0.6) is 0 Å². The van der Waals surface area contributed by atoms with Crippen LogP contribution in [0.15, 0.2) is 59.5 Å². The maximum atomic E-state index is 12.7. The Morgan fingerprint density at radius 1 is 1.08 bits per heavy atom. The van der Waals surface area contributed by atoms with Crippen molar-refractivity contribution in [3.63, 3.8) is 0 Å². The minimum Gasteiger partial charge on any atom is -0.348 e. The third-order valence-corrected chi connectivity index (χ3v) is 5.65. The molecule has 0 spiro atoms. The fourth-order valence-electron chi connectivity index (χ4n) is 2.95. The number of rotatable bonds is 4. The van der Waals surface area contributed by atoms with E-state index in [1.165, 1.54) is 0 Å². The number of aryl methyl sites for hydroxylation is 1. The molecule has 24 heavy (non-hydrogen) atoms. The molecule has 1 heterocycles. The fourth-order valence-corrected chi connectivity index (χ4v) is 4.34. The number of hydrogen-bond acceptors (Lipinski definition) is 3. The summed E-state index contributed by atoms with van der Waals surface area (Å²) in [5.41, 5.74) is 1.77. The van der Waals surface area contributed by atoms with Gasteiger partial charge in [0.1, 0.15) is 0 Å². The minimum absolute atomic E-state index is 0.0603. The number of hydrogen-bond donors (Lipinski definition) is 2. The SMILES string of the molecule is Cc1cccc(S(=O)(=O)N[C@@H]2CCC(=O)N[C@H]2c2ccccc2)c1. The molecule has 1 aliphatic heterocycles. The van der Waals surface area contributed by atoms with E-state index in [9.17, 15) is 13.2 Å². The number of amides is 1. The highest BCUT2D eigenvalue weighted by atomic mass is 32.2. The number of benzene rings is 2. The lowest BCUT2D eigenvalue weighted by atomic mass is 9.93. The zero-order valence-corrected chi connectivity index (χ0v) is 14.2. The Kier molecular flexibility index (Phi) is 4.69. The fraction of sp³-hybridized carbons (Fsp3) is 0.278. The summed E-state index contributed by atoms with van der Waals surface area (Å²) in [5.74, 6) is -0.0603. The van der Waals surface area contributed by atoms with Crippen molar-refractivity contribution in [3.05, 3.63) is 65.7 Å². The third kappa shape index (κ3) is 3.66. The highest BCUT2D eigenvalue weighted by Crippen LogP contribution is 2.25. The Bertz CT molecular complexity index is 834. The van der Waals surface area contributed by atoms with Gasteiger partial charge in [0.25, 0.3) is 0 Å². The van der Waals surface area contributed by atoms with Crippen LogP contribution in [0.4, 0.5) is 0 Å². The smallest absolute Gasteiger partial charge is 0.240 e. The van der Waals surface area contributed by atoms with Gasteiger partial charge in [0.15, 0.2) is 0 Å². The summed E-state index contributed by atoms with van der Waals surface area (Å²) in [6, 6.07) is 15.5. The van der Waals surface area contributed by atoms with E-state index in [-0.39, 0.29) is 22.9 Å². The van der Waals surface area contributed by atoms with Gasteiger partial charge in [0.05, 0.1) is 10.9 Å². The van der Waals surface area contributed by atoms with Gasteiger partial charge >= 0.3 is 0 Å². The lowest BCUT2D eigenvalue weighted by molar-refractivity contribution is -0.123. The first-order valence-electron chi connectivity index (χ1n) is 7.89. The maximum Gasteiger partial charge on any atom is 0.240 e. The normalized spacial score (nSPS) is 21.3. The summed E-state index contributed by atoms with van der Waals surface area (Å²) in [7, 11) is -3.64. The first-order chi connectivity index (χ1) is 11.5. The number of sulfonamides is 1. The van der Waals surface area contributed by atoms with E-state index < -0.39 is 10.0 Å². The maximum absolute atomic E-state index is 12.7. The quantitative estimate of drug-likeness (QED) is 0.893. The van der Waals surface area contributed by atoms with Crippen LogP contribution >= 0.6 is 0 Å². The molecule has 0 saturated carbocycles. The Morgan fingerprint density at radius 3 is 2.54 bits per heavy atom. The van der Waals surface area contributed by atoms with Gasteiger partial charge in [-0.1, -0.05) is 42.5 Å². The first kappa shape index (κ1) is 16.7. The molecule has 1 aliphatic rings. The van der Waals surface area contributed by atoms with Gasteiger partial charge in [-0.15, -0.1) is 0 Å². The summed E-state index contributed by atoms with van der Waals surface area (Å²) in [4.78, 5) is 12.0. The predicted octanol–water partition coefficient (Wildman–Crippen LogP) is 2.29. The van der Waals surface area contributed by atoms with Crippen molar-refractivity contribution >= 4 is 15.9 Å². The molecule has 5 nitrogen and oxygen atoms in total. The molecule has 2 aromatic rings. The Morgan fingerprint density at radius 2 is 1.83 bits per heavy atom. The predicted molar refractivity (Wildman–Crippen MR) is 91.8 cm³/mol. The highest BCUT2D eigenvalue weighted by molar-refractivity contribution is 7.89. The van der Waals surface area contributed by atoms with Crippen molar-refractivity contribution in [1.82, 2.24) is 10.0 Å². The molecule has 0 aliphatic carbocycles. The molecule has 0 radical (unpaired) electrons. The van der Waals surface area contributed by atoms with Crippen LogP contribution in [0.1, 0.15) is 30.0 Å². The first-order valence-corrected chi connectivity index (χ1v) is 9.37. The molecule has 0 aromatic heterocycles. The van der Waals surface area contributed by atoms with Crippen molar-refractivity contribution in [3.8, 4) is 0 Å². The summed E-state index contributed by atoms with van der Waals surface area (Å²) < 4.78 is 28.1. The zero-order chi connectivity index (χ0) is 17.2. The lowest BCUT2D eigenvalue weighted by Gasteiger charge is -2.33. The zero-order valence-electron chi connectivity index (χ0n) is 13.4. The Balaban J connectivity index is 1.87. The number of carbonyl (C=O) groups is 1. The summed E-state index contributed by atoms with van der Waals surface area (Å²) in [5, 5.41) is 2.90. The van der Waals surface area contributed by atoms with E-state index in [1.54, 1.807) is 18.2 Å². The van der Waals surface area contributed by atoms with Crippen molar-refractivity contribution < 1.29 is 13.2 Å². The average Bonchev–Trinajstić information content (AvgIpc) is 2.57. The van der Waals surface area contributed by atoms with Crippen LogP contribution in [0.25, 0.3) is 0 Å². The van der Waals surface area contributed by atoms with Crippen molar-refractivity contribution in [1.29, 1.82) is 0 Å². The Hall–Kier alpha value is -2.18. The second-order valence-corrected chi connectivity index (χ2v) is 7.75. The van der Waals surface area contributed by atoms with Crippen LogP contribution in [0.3, 0.4) is 0 Å². The minimum atomic E-state index is -3.64. The van der Waals surface area contributed by atoms with Gasteiger partial charge in [0, 0.05) is 12.5 Å². The van der Waals surface area contributed by atoms with Crippen molar-refractivity contribution in [2.75, 3.05) is 0 Å². The molecule has 3 rings (SSSR count). The molecule has 1 amide bonds. The summed E-state index contributed by atoms with van der Waals surface area (Å²) in [6.07, 6.45) is 0.779. The summed E-state index contributed by atoms with van der Waals surface area (Å²) >= 11 is 0. The second-order valence-electron chi connectivity index (χ2n) is 6.04. The van der Waals surface area contributed by atoms with Gasteiger partial charge < -0.3 is 5.32 Å². The molecular formula is C18H20N2O3S. The molecule has 6 heteroatoms. The van der Waals surface area contributed by atoms with Gasteiger partial charge in [-0.05, 0) is 36.6 Å². The second kappa shape index (κ2) is 6.75. The molecule has 1 fully saturated rings. The van der Waals surface area contributed by atoms with Crippen LogP contribution < -0.4 is 10.0 Å². The molecular weight excluding hydrogens is 324 g/mol. The van der Waals surface area contributed by atoms with E-state index in [2.05, 4.69) is 10.0 Å². The third-order valence-electron chi connectivity index (χ3n) is 4.17. The van der Waals surface area contributed by atoms with Gasteiger partial charge in [0.2, 0.25) is 15.9 Å². The number of piperidine rings is 1. The molecule has 2 atom stereocenters. The number of nitrogens with one attached hydrogen (secondary N) is 2. The van der Waals surface area contributed by atoms with Crippen LogP contribution in [0, 0.1) is 6.92 Å². The Labute approximate surface area is 142 Å². The van der Waals surface area contributed by atoms with E-state index in [1.807, 2.05) is 43.3 Å². The van der Waals surface area contributed by atoms with Crippen LogP contribution in [-0.2, 0) is 14.8 Å². The largest absolute Gasteiger partial charge is 0.348 e. The summed E-state index contributed by atoms with van der Waals surface area (Å²) in [6.45, 7) is 1.85. The van der Waals surface area contributed by atoms with Gasteiger partial charge in [-0.3, -0.25) is 4.79 Å². The van der Waals surface area contributed by atoms with E-state index in [0.717, 1.165) is 11.1 Å². The molecule has 2 aromatic carbocycles. The molecule has 0 bridgehead atoms. The molecule has 126 valence electrons. The highest BCUT2D eigenvalue weighted by Gasteiger charge is 2.33. The molecule has 2 N–H and O–H groups in total. The molecule has 1 saturated heterocycles. The standard InChI is InChI=1S/C18H20N2O3S/c1-13-6-5-9-15(12-13)24(22,23)20-16-10-11-17(21)19-18(16)14-7-3-2-4-8-14/h2-9,12,16,18,20H,10-11H2,1H3,(H,19,21)/t16-,18+/m1/s1. The van der Waals surface area contributed by atoms with Gasteiger partial charge in [-0.2, -0.15) is 0 Å². The van der Waals surface area contributed by atoms with Crippen molar-refractivity contribution in [2.45, 2.75) is 36.7 Å². The van der Waals surface area contributed by atoms with Crippen LogP contribution in [0.2, 0.25) is 0 Å². The molecule has 0 unspecified atom stereocenters. The lowest BCUT2D eigenvalue weighted by Crippen LogP contribution is -2.50. The van der Waals surface area contributed by atoms with E-state index >= 15 is 0 Å². The topological polar surface area (TPSA) is 75.3 Å². The van der Waals surface area contributed by atoms with E-state index in [4.69, 9.17) is 0 Å².